The van der Waals surface area contributed by atoms with Gasteiger partial charge in [0.2, 0.25) is 5.91 Å². The molecule has 3 rings (SSSR count). The first-order chi connectivity index (χ1) is 9.55. The number of carbonyl (C=O) groups excluding carboxylic acids is 1. The fourth-order valence-electron chi connectivity index (χ4n) is 2.94. The second kappa shape index (κ2) is 5.18. The first-order valence-corrected chi connectivity index (χ1v) is 8.65. The van der Waals surface area contributed by atoms with Crippen LogP contribution in [-0.4, -0.2) is 43.9 Å². The molecule has 0 bridgehead atoms. The van der Waals surface area contributed by atoms with E-state index in [1.54, 1.807) is 4.90 Å². The Kier molecular flexibility index (Phi) is 3.52. The van der Waals surface area contributed by atoms with E-state index >= 15 is 0 Å². The molecular formula is C14H18N2O3S. The summed E-state index contributed by atoms with van der Waals surface area (Å²) >= 11 is 0. The molecule has 6 heteroatoms. The largest absolute Gasteiger partial charge is 0.328 e. The molecule has 20 heavy (non-hydrogen) atoms. The average Bonchev–Trinajstić information content (AvgIpc) is 2.95. The van der Waals surface area contributed by atoms with E-state index in [9.17, 15) is 13.2 Å². The Labute approximate surface area is 118 Å². The van der Waals surface area contributed by atoms with Crippen LogP contribution >= 0.6 is 0 Å². The summed E-state index contributed by atoms with van der Waals surface area (Å²) < 4.78 is 22.9. The minimum absolute atomic E-state index is 0.0421. The molecule has 2 atom stereocenters. The van der Waals surface area contributed by atoms with E-state index in [-0.39, 0.29) is 29.4 Å². The molecule has 0 spiro atoms. The van der Waals surface area contributed by atoms with Crippen molar-refractivity contribution in [1.29, 1.82) is 0 Å². The summed E-state index contributed by atoms with van der Waals surface area (Å²) in [6.45, 7) is 1.03. The van der Waals surface area contributed by atoms with E-state index in [0.717, 1.165) is 5.56 Å². The van der Waals surface area contributed by atoms with Gasteiger partial charge in [0.1, 0.15) is 6.04 Å². The Hall–Kier alpha value is -1.40. The molecular weight excluding hydrogens is 276 g/mol. The highest BCUT2D eigenvalue weighted by molar-refractivity contribution is 7.91. The highest BCUT2D eigenvalue weighted by Crippen LogP contribution is 2.24. The molecule has 1 aromatic carbocycles. The lowest BCUT2D eigenvalue weighted by Gasteiger charge is -2.19. The monoisotopic (exact) mass is 294 g/mol. The van der Waals surface area contributed by atoms with Gasteiger partial charge in [-0.25, -0.2) is 8.42 Å². The van der Waals surface area contributed by atoms with Crippen LogP contribution in [0.4, 0.5) is 0 Å². The topological polar surface area (TPSA) is 66.5 Å². The van der Waals surface area contributed by atoms with Gasteiger partial charge in [-0.1, -0.05) is 30.3 Å². The third-order valence-corrected chi connectivity index (χ3v) is 5.82. The third-order valence-electron chi connectivity index (χ3n) is 3.98. The Morgan fingerprint density at radius 3 is 2.65 bits per heavy atom. The smallest absolute Gasteiger partial charge is 0.245 e. The second-order valence-electron chi connectivity index (χ2n) is 5.54. The number of nitrogens with zero attached hydrogens (tertiary/aromatic N) is 1. The maximum Gasteiger partial charge on any atom is 0.245 e. The number of hydrogen-bond donors (Lipinski definition) is 1. The molecule has 0 saturated carbocycles. The highest BCUT2D eigenvalue weighted by Gasteiger charge is 2.36. The van der Waals surface area contributed by atoms with Crippen LogP contribution in [0.25, 0.3) is 0 Å². The van der Waals surface area contributed by atoms with Crippen LogP contribution in [0, 0.1) is 5.92 Å². The number of nitrogens with one attached hydrogen (secondary N) is 1. The molecule has 108 valence electrons. The molecule has 0 aromatic heterocycles. The summed E-state index contributed by atoms with van der Waals surface area (Å²) in [5.74, 6) is 0.600. The standard InChI is InChI=1S/C14H18N2O3S/c17-14-13(12-4-2-1-3-5-12)15-10-16(14)8-11-6-7-20(18,19)9-11/h1-5,11,13,15H,6-10H2. The molecule has 0 radical (unpaired) electrons. The Bertz CT molecular complexity index is 600. The SMILES string of the molecule is O=C1C(c2ccccc2)NCN1CC1CCS(=O)(=O)C1. The minimum atomic E-state index is -2.88. The number of benzene rings is 1. The van der Waals surface area contributed by atoms with Crippen molar-refractivity contribution >= 4 is 15.7 Å². The molecule has 0 aliphatic carbocycles. The Balaban J connectivity index is 1.65. The third kappa shape index (κ3) is 2.71. The van der Waals surface area contributed by atoms with Crippen molar-refractivity contribution in [3.63, 3.8) is 0 Å². The lowest BCUT2D eigenvalue weighted by molar-refractivity contribution is -0.129. The fourth-order valence-corrected chi connectivity index (χ4v) is 4.79. The van der Waals surface area contributed by atoms with Crippen molar-refractivity contribution in [3.05, 3.63) is 35.9 Å². The fraction of sp³-hybridized carbons (Fsp3) is 0.500. The first kappa shape index (κ1) is 13.6. The van der Waals surface area contributed by atoms with Gasteiger partial charge in [-0.2, -0.15) is 0 Å². The van der Waals surface area contributed by atoms with Crippen molar-refractivity contribution < 1.29 is 13.2 Å². The molecule has 5 nitrogen and oxygen atoms in total. The van der Waals surface area contributed by atoms with Gasteiger partial charge in [-0.15, -0.1) is 0 Å². The van der Waals surface area contributed by atoms with Crippen molar-refractivity contribution in [2.24, 2.45) is 5.92 Å². The van der Waals surface area contributed by atoms with Gasteiger partial charge in [-0.3, -0.25) is 10.1 Å². The molecule has 2 aliphatic heterocycles. The number of carbonyl (C=O) groups is 1. The zero-order chi connectivity index (χ0) is 14.2. The summed E-state index contributed by atoms with van der Waals surface area (Å²) in [6.07, 6.45) is 0.669. The van der Waals surface area contributed by atoms with Crippen LogP contribution in [0.5, 0.6) is 0 Å². The van der Waals surface area contributed by atoms with Gasteiger partial charge in [-0.05, 0) is 17.9 Å². The van der Waals surface area contributed by atoms with E-state index in [0.29, 0.717) is 19.6 Å². The van der Waals surface area contributed by atoms with Crippen LogP contribution in [0.15, 0.2) is 30.3 Å². The molecule has 1 aromatic rings. The summed E-state index contributed by atoms with van der Waals surface area (Å²) in [7, 11) is -2.88. The second-order valence-corrected chi connectivity index (χ2v) is 7.76. The zero-order valence-electron chi connectivity index (χ0n) is 11.2. The lowest BCUT2D eigenvalue weighted by Crippen LogP contribution is -2.32. The van der Waals surface area contributed by atoms with E-state index < -0.39 is 9.84 Å². The molecule has 2 saturated heterocycles. The van der Waals surface area contributed by atoms with Crippen LogP contribution in [-0.2, 0) is 14.6 Å². The minimum Gasteiger partial charge on any atom is -0.328 e. The molecule has 2 unspecified atom stereocenters. The van der Waals surface area contributed by atoms with E-state index in [2.05, 4.69) is 5.32 Å². The highest BCUT2D eigenvalue weighted by atomic mass is 32.2. The van der Waals surface area contributed by atoms with Gasteiger partial charge < -0.3 is 4.90 Å². The van der Waals surface area contributed by atoms with Gasteiger partial charge in [0, 0.05) is 6.54 Å². The van der Waals surface area contributed by atoms with Gasteiger partial charge in [0.15, 0.2) is 9.84 Å². The van der Waals surface area contributed by atoms with Crippen LogP contribution in [0.1, 0.15) is 18.0 Å². The summed E-state index contributed by atoms with van der Waals surface area (Å²) in [5.41, 5.74) is 0.957. The van der Waals surface area contributed by atoms with Crippen LogP contribution in [0.2, 0.25) is 0 Å². The molecule has 1 N–H and O–H groups in total. The molecule has 2 fully saturated rings. The van der Waals surface area contributed by atoms with Gasteiger partial charge >= 0.3 is 0 Å². The lowest BCUT2D eigenvalue weighted by atomic mass is 10.1. The van der Waals surface area contributed by atoms with Crippen molar-refractivity contribution in [3.8, 4) is 0 Å². The Morgan fingerprint density at radius 2 is 2.00 bits per heavy atom. The maximum absolute atomic E-state index is 12.4. The predicted molar refractivity (Wildman–Crippen MR) is 75.7 cm³/mol. The predicted octanol–water partition coefficient (Wildman–Crippen LogP) is 0.552. The quantitative estimate of drug-likeness (QED) is 0.884. The van der Waals surface area contributed by atoms with Crippen molar-refractivity contribution in [2.75, 3.05) is 24.7 Å². The Morgan fingerprint density at radius 1 is 1.25 bits per heavy atom. The van der Waals surface area contributed by atoms with Gasteiger partial charge in [0.05, 0.1) is 18.2 Å². The zero-order valence-corrected chi connectivity index (χ0v) is 12.0. The number of hydrogen-bond acceptors (Lipinski definition) is 4. The number of sulfone groups is 1. The molecule has 2 heterocycles. The first-order valence-electron chi connectivity index (χ1n) is 6.83. The van der Waals surface area contributed by atoms with Crippen LogP contribution in [0.3, 0.4) is 0 Å². The summed E-state index contributed by atoms with van der Waals surface area (Å²) in [4.78, 5) is 14.1. The molecule has 2 aliphatic rings. The summed E-state index contributed by atoms with van der Waals surface area (Å²) in [5, 5.41) is 3.19. The van der Waals surface area contributed by atoms with E-state index in [4.69, 9.17) is 0 Å². The van der Waals surface area contributed by atoms with E-state index in [1.165, 1.54) is 0 Å². The number of rotatable bonds is 3. The summed E-state index contributed by atoms with van der Waals surface area (Å²) in [6, 6.07) is 9.31. The van der Waals surface area contributed by atoms with Gasteiger partial charge in [0.25, 0.3) is 0 Å². The normalized spacial score (nSPS) is 29.0. The van der Waals surface area contributed by atoms with Crippen molar-refractivity contribution in [1.82, 2.24) is 10.2 Å². The maximum atomic E-state index is 12.4. The molecule has 1 amide bonds. The number of amides is 1. The van der Waals surface area contributed by atoms with Crippen LogP contribution < -0.4 is 5.32 Å². The average molecular weight is 294 g/mol. The van der Waals surface area contributed by atoms with Crippen molar-refractivity contribution in [2.45, 2.75) is 12.5 Å². The van der Waals surface area contributed by atoms with E-state index in [1.807, 2.05) is 30.3 Å².